The Morgan fingerprint density at radius 1 is 0.607 bits per heavy atom. The van der Waals surface area contributed by atoms with Gasteiger partial charge in [0.15, 0.2) is 0 Å². The molecule has 0 aromatic heterocycles. The van der Waals surface area contributed by atoms with Gasteiger partial charge in [0, 0.05) is 12.2 Å². The lowest BCUT2D eigenvalue weighted by Crippen LogP contribution is -2.42. The Morgan fingerprint density at radius 3 is 1.44 bits per heavy atom. The van der Waals surface area contributed by atoms with E-state index in [9.17, 15) is 74.4 Å². The SMILES string of the molecule is CC(COCCCC(C)(SC(=S)c1ccccc1)C(=O)OCCCS(=O)(=O)NS(=O)(=O)C(F)(F)F)(SC(=O)c1ccccc1)C(=O)OCCCS(=O)(=O)NS(=O)(=O)C(F)(F)F. The van der Waals surface area contributed by atoms with Crippen molar-refractivity contribution in [1.82, 2.24) is 8.25 Å². The number of carbonyl (C=O) groups is 3. The van der Waals surface area contributed by atoms with Crippen molar-refractivity contribution >= 4 is 97.1 Å². The molecule has 2 aromatic carbocycles. The first kappa shape index (κ1) is 54.2. The molecule has 0 aliphatic rings. The molecule has 0 saturated heterocycles. The minimum atomic E-state index is -6.24. The fourth-order valence-corrected chi connectivity index (χ4v) is 12.2. The molecular formula is C32H38F6N2O14S7. The zero-order chi connectivity index (χ0) is 46.6. The van der Waals surface area contributed by atoms with Gasteiger partial charge in [-0.15, -0.1) is 8.25 Å². The van der Waals surface area contributed by atoms with Crippen molar-refractivity contribution < 1.29 is 88.6 Å². The summed E-state index contributed by atoms with van der Waals surface area (Å²) in [6, 6.07) is 16.0. The number of ether oxygens (including phenoxy) is 3. The Bertz CT molecular complexity index is 2140. The molecule has 0 spiro atoms. The molecule has 0 radical (unpaired) electrons. The summed E-state index contributed by atoms with van der Waals surface area (Å²) in [4.78, 5) is 39.8. The van der Waals surface area contributed by atoms with Gasteiger partial charge in [-0.3, -0.25) is 14.4 Å². The highest BCUT2D eigenvalue weighted by atomic mass is 32.3. The van der Waals surface area contributed by atoms with Crippen molar-refractivity contribution in [3.05, 3.63) is 71.8 Å². The average Bonchev–Trinajstić information content (AvgIpc) is 3.13. The largest absolute Gasteiger partial charge is 0.512 e. The van der Waals surface area contributed by atoms with E-state index in [0.29, 0.717) is 25.6 Å². The smallest absolute Gasteiger partial charge is 0.465 e. The molecule has 2 aromatic rings. The second-order valence-electron chi connectivity index (χ2n) is 12.8. The van der Waals surface area contributed by atoms with E-state index < -0.39 is 122 Å². The number of alkyl halides is 6. The summed E-state index contributed by atoms with van der Waals surface area (Å²) in [5.41, 5.74) is -11.1. The number of thiocarbonyl (C=S) groups is 1. The first-order valence-corrected chi connectivity index (χ1v) is 25.3. The fraction of sp³-hybridized carbons (Fsp3) is 0.500. The van der Waals surface area contributed by atoms with Crippen LogP contribution in [0.3, 0.4) is 0 Å². The molecule has 29 heteroatoms. The van der Waals surface area contributed by atoms with Gasteiger partial charge in [-0.2, -0.15) is 26.3 Å². The van der Waals surface area contributed by atoms with Crippen molar-refractivity contribution in [1.29, 1.82) is 0 Å². The number of sulfonamides is 4. The molecule has 0 heterocycles. The van der Waals surface area contributed by atoms with E-state index in [4.69, 9.17) is 26.4 Å². The third-order valence-corrected chi connectivity index (χ3v) is 17.0. The minimum Gasteiger partial charge on any atom is -0.465 e. The van der Waals surface area contributed by atoms with Gasteiger partial charge >= 0.3 is 43.0 Å². The van der Waals surface area contributed by atoms with Gasteiger partial charge in [0.1, 0.15) is 9.49 Å². The van der Waals surface area contributed by atoms with Crippen LogP contribution in [0.15, 0.2) is 60.7 Å². The predicted octanol–water partition coefficient (Wildman–Crippen LogP) is 4.39. The van der Waals surface area contributed by atoms with Crippen LogP contribution in [0.4, 0.5) is 26.3 Å². The second-order valence-corrected chi connectivity index (χ2v) is 24.0. The number of thioether (sulfide) groups is 2. The van der Waals surface area contributed by atoms with Gasteiger partial charge in [-0.1, -0.05) is 96.4 Å². The normalized spacial score (nSPS) is 15.0. The summed E-state index contributed by atoms with van der Waals surface area (Å²) in [7, 11) is -22.5. The van der Waals surface area contributed by atoms with Crippen LogP contribution < -0.4 is 8.25 Å². The number of carbonyl (C=O) groups excluding carboxylic acids is 3. The fourth-order valence-electron chi connectivity index (χ4n) is 4.42. The number of hydrogen-bond donors (Lipinski definition) is 2. The summed E-state index contributed by atoms with van der Waals surface area (Å²) in [6.07, 6.45) is -1.32. The van der Waals surface area contributed by atoms with Crippen LogP contribution in [0.5, 0.6) is 0 Å². The van der Waals surface area contributed by atoms with Crippen molar-refractivity contribution in [2.75, 3.05) is 37.9 Å². The maximum Gasteiger partial charge on any atom is 0.512 e. The van der Waals surface area contributed by atoms with Gasteiger partial charge in [-0.05, 0) is 45.1 Å². The highest BCUT2D eigenvalue weighted by Gasteiger charge is 2.49. The molecule has 61 heavy (non-hydrogen) atoms. The lowest BCUT2D eigenvalue weighted by Gasteiger charge is -2.28. The van der Waals surface area contributed by atoms with E-state index >= 15 is 0 Å². The van der Waals surface area contributed by atoms with E-state index in [1.54, 1.807) is 48.5 Å². The Hall–Kier alpha value is -2.90. The Labute approximate surface area is 361 Å². The number of benzene rings is 2. The first-order chi connectivity index (χ1) is 27.9. The zero-order valence-electron chi connectivity index (χ0n) is 31.7. The second kappa shape index (κ2) is 22.1. The lowest BCUT2D eigenvalue weighted by molar-refractivity contribution is -0.147. The summed E-state index contributed by atoms with van der Waals surface area (Å²) in [5.74, 6) is -4.44. The molecule has 0 amide bonds. The Balaban J connectivity index is 2.14. The molecule has 344 valence electrons. The van der Waals surface area contributed by atoms with Crippen LogP contribution in [0.1, 0.15) is 55.5 Å². The third-order valence-electron chi connectivity index (χ3n) is 7.50. The number of hydrogen-bond acceptors (Lipinski definition) is 17. The Kier molecular flexibility index (Phi) is 19.7. The number of halogens is 6. The highest BCUT2D eigenvalue weighted by molar-refractivity contribution is 8.25. The van der Waals surface area contributed by atoms with E-state index in [2.05, 4.69) is 0 Å². The standard InChI is InChI=1S/C32H38F6N2O14S7/c1-29(57-26(55)24-14-7-4-8-15-24,27(42)53-18-10-20-58(44,45)39-60(48,49)31(33,34)35)16-9-17-52-22-30(2,56-25(41)23-12-5-3-6-13-23)28(43)54-19-11-21-59(46,47)40-61(50,51)32(36,37)38/h3-8,12-15,39-40H,9-11,16-22H2,1-2H3. The quantitative estimate of drug-likeness (QED) is 0.0642. The molecule has 0 aliphatic carbocycles. The van der Waals surface area contributed by atoms with Crippen molar-refractivity contribution in [2.24, 2.45) is 0 Å². The predicted molar refractivity (Wildman–Crippen MR) is 216 cm³/mol. The zero-order valence-corrected chi connectivity index (χ0v) is 37.4. The van der Waals surface area contributed by atoms with Crippen LogP contribution in [0.25, 0.3) is 0 Å². The average molecular weight is 1010 g/mol. The summed E-state index contributed by atoms with van der Waals surface area (Å²) < 4.78 is 182. The first-order valence-electron chi connectivity index (χ1n) is 17.0. The van der Waals surface area contributed by atoms with E-state index in [0.717, 1.165) is 11.8 Å². The number of esters is 2. The molecular weight excluding hydrogens is 975 g/mol. The molecule has 0 aliphatic heterocycles. The van der Waals surface area contributed by atoms with Gasteiger partial charge in [0.25, 0.3) is 0 Å². The van der Waals surface area contributed by atoms with Crippen molar-refractivity contribution in [2.45, 2.75) is 60.0 Å². The number of rotatable bonds is 24. The topological polar surface area (TPSA) is 240 Å². The van der Waals surface area contributed by atoms with E-state index in [1.807, 2.05) is 0 Å². The molecule has 0 bridgehead atoms. The van der Waals surface area contributed by atoms with Crippen LogP contribution in [-0.4, -0.2) is 113 Å². The minimum absolute atomic E-state index is 0.0255. The molecule has 2 rings (SSSR count). The molecule has 0 fully saturated rings. The molecule has 2 N–H and O–H groups in total. The molecule has 2 atom stereocenters. The maximum absolute atomic E-state index is 13.4. The van der Waals surface area contributed by atoms with Crippen molar-refractivity contribution in [3.63, 3.8) is 0 Å². The maximum atomic E-state index is 13.4. The van der Waals surface area contributed by atoms with E-state index in [1.165, 1.54) is 26.0 Å². The van der Waals surface area contributed by atoms with Gasteiger partial charge in [0.2, 0.25) is 25.2 Å². The Morgan fingerprint density at radius 2 is 1.02 bits per heavy atom. The van der Waals surface area contributed by atoms with Crippen LogP contribution in [-0.2, 0) is 63.9 Å². The summed E-state index contributed by atoms with van der Waals surface area (Å²) in [5, 5.41) is -0.625. The summed E-state index contributed by atoms with van der Waals surface area (Å²) in [6.45, 7) is 0.516. The summed E-state index contributed by atoms with van der Waals surface area (Å²) >= 11 is 6.86. The van der Waals surface area contributed by atoms with Gasteiger partial charge in [0.05, 0.1) is 35.5 Å². The molecule has 0 saturated carbocycles. The molecule has 2 unspecified atom stereocenters. The van der Waals surface area contributed by atoms with Gasteiger partial charge < -0.3 is 14.2 Å². The van der Waals surface area contributed by atoms with Crippen LogP contribution >= 0.6 is 35.7 Å². The monoisotopic (exact) mass is 1010 g/mol. The third kappa shape index (κ3) is 17.7. The number of nitrogens with one attached hydrogen (secondary N) is 2. The van der Waals surface area contributed by atoms with Gasteiger partial charge in [-0.25, -0.2) is 33.7 Å². The van der Waals surface area contributed by atoms with E-state index in [-0.39, 0.29) is 29.2 Å². The highest BCUT2D eigenvalue weighted by Crippen LogP contribution is 2.36. The molecule has 16 nitrogen and oxygen atoms in total. The van der Waals surface area contributed by atoms with Crippen molar-refractivity contribution in [3.8, 4) is 0 Å². The van der Waals surface area contributed by atoms with Crippen LogP contribution in [0.2, 0.25) is 0 Å². The van der Waals surface area contributed by atoms with Crippen LogP contribution in [0, 0.1) is 0 Å². The lowest BCUT2D eigenvalue weighted by atomic mass is 10.1.